The zero-order valence-corrected chi connectivity index (χ0v) is 13.3. The van der Waals surface area contributed by atoms with Crippen molar-refractivity contribution in [3.8, 4) is 0 Å². The van der Waals surface area contributed by atoms with Crippen molar-refractivity contribution >= 4 is 5.91 Å². The maximum Gasteiger partial charge on any atom is 0.237 e. The number of likely N-dealkylation sites (N-methyl/N-ethyl adjacent to an activating group) is 1. The Balaban J connectivity index is 2.61. The van der Waals surface area contributed by atoms with Gasteiger partial charge in [0.25, 0.3) is 0 Å². The zero-order valence-electron chi connectivity index (χ0n) is 13.3. The maximum absolute atomic E-state index is 12.4. The quantitative estimate of drug-likeness (QED) is 0.772. The molecule has 1 amide bonds. The molecule has 4 nitrogen and oxygen atoms in total. The number of nitrogens with zero attached hydrogens (tertiary/aromatic N) is 1. The van der Waals surface area contributed by atoms with Crippen LogP contribution < -0.4 is 10.6 Å². The molecule has 1 fully saturated rings. The van der Waals surface area contributed by atoms with Crippen molar-refractivity contribution in [1.29, 1.82) is 0 Å². The Morgan fingerprint density at radius 3 is 2.63 bits per heavy atom. The molecule has 19 heavy (non-hydrogen) atoms. The van der Waals surface area contributed by atoms with Crippen LogP contribution in [-0.2, 0) is 4.79 Å². The fraction of sp³-hybridized carbons (Fsp3) is 0.933. The van der Waals surface area contributed by atoms with Gasteiger partial charge in [-0.05, 0) is 53.1 Å². The summed E-state index contributed by atoms with van der Waals surface area (Å²) in [5.41, 5.74) is -0.116. The van der Waals surface area contributed by atoms with Crippen molar-refractivity contribution in [2.45, 2.75) is 71.5 Å². The molecule has 4 heteroatoms. The van der Waals surface area contributed by atoms with E-state index in [9.17, 15) is 4.79 Å². The number of piperidine rings is 1. The van der Waals surface area contributed by atoms with Crippen LogP contribution in [0.5, 0.6) is 0 Å². The second-order valence-electron chi connectivity index (χ2n) is 6.23. The summed E-state index contributed by atoms with van der Waals surface area (Å²) < 4.78 is 0. The molecule has 0 aliphatic carbocycles. The Labute approximate surface area is 118 Å². The molecule has 0 aromatic carbocycles. The van der Waals surface area contributed by atoms with E-state index in [0.29, 0.717) is 6.04 Å². The first-order chi connectivity index (χ1) is 8.91. The molecular weight excluding hydrogens is 238 g/mol. The van der Waals surface area contributed by atoms with Crippen LogP contribution in [0.25, 0.3) is 0 Å². The molecule has 2 unspecified atom stereocenters. The Kier molecular flexibility index (Phi) is 6.27. The van der Waals surface area contributed by atoms with Gasteiger partial charge in [-0.1, -0.05) is 13.8 Å². The van der Waals surface area contributed by atoms with Crippen LogP contribution in [0.4, 0.5) is 0 Å². The molecule has 2 N–H and O–H groups in total. The molecule has 1 rings (SSSR count). The summed E-state index contributed by atoms with van der Waals surface area (Å²) in [6.45, 7) is 13.5. The van der Waals surface area contributed by atoms with Gasteiger partial charge in [-0.3, -0.25) is 9.69 Å². The van der Waals surface area contributed by atoms with Gasteiger partial charge in [0, 0.05) is 18.1 Å². The third kappa shape index (κ3) is 4.77. The lowest BCUT2D eigenvalue weighted by Crippen LogP contribution is -2.56. The lowest BCUT2D eigenvalue weighted by Gasteiger charge is -2.38. The van der Waals surface area contributed by atoms with Crippen molar-refractivity contribution in [3.63, 3.8) is 0 Å². The second-order valence-corrected chi connectivity index (χ2v) is 6.23. The van der Waals surface area contributed by atoms with Gasteiger partial charge in [-0.25, -0.2) is 0 Å². The molecule has 0 spiro atoms. The molecule has 0 bridgehead atoms. The van der Waals surface area contributed by atoms with Gasteiger partial charge < -0.3 is 10.6 Å². The Bertz CT molecular complexity index is 285. The molecule has 1 saturated heterocycles. The molecule has 0 saturated carbocycles. The van der Waals surface area contributed by atoms with Gasteiger partial charge in [-0.2, -0.15) is 0 Å². The Hall–Kier alpha value is -0.610. The van der Waals surface area contributed by atoms with Crippen molar-refractivity contribution < 1.29 is 4.79 Å². The van der Waals surface area contributed by atoms with Crippen LogP contribution in [0.15, 0.2) is 0 Å². The standard InChI is InChI=1S/C15H31N3O/c1-6-15(4,5)17-14(19)12(3)18(7-2)13-9-8-10-16-11-13/h12-13,16H,6-11H2,1-5H3,(H,17,19). The van der Waals surface area contributed by atoms with Gasteiger partial charge in [-0.15, -0.1) is 0 Å². The summed E-state index contributed by atoms with van der Waals surface area (Å²) in [5, 5.41) is 6.59. The molecule has 2 atom stereocenters. The number of nitrogens with one attached hydrogen (secondary N) is 2. The van der Waals surface area contributed by atoms with Crippen LogP contribution >= 0.6 is 0 Å². The van der Waals surface area contributed by atoms with Crippen LogP contribution in [0.1, 0.15) is 53.9 Å². The predicted octanol–water partition coefficient (Wildman–Crippen LogP) is 1.75. The fourth-order valence-electron chi connectivity index (χ4n) is 2.64. The third-order valence-electron chi connectivity index (χ3n) is 4.33. The average Bonchev–Trinajstić information content (AvgIpc) is 2.40. The van der Waals surface area contributed by atoms with E-state index < -0.39 is 0 Å². The molecule has 0 aromatic rings. The van der Waals surface area contributed by atoms with Crippen molar-refractivity contribution in [2.75, 3.05) is 19.6 Å². The fourth-order valence-corrected chi connectivity index (χ4v) is 2.64. The first-order valence-electron chi connectivity index (χ1n) is 7.69. The van der Waals surface area contributed by atoms with E-state index in [4.69, 9.17) is 0 Å². The monoisotopic (exact) mass is 269 g/mol. The number of rotatable bonds is 6. The molecule has 0 aromatic heterocycles. The maximum atomic E-state index is 12.4. The molecular formula is C15H31N3O. The van der Waals surface area contributed by atoms with Gasteiger partial charge in [0.05, 0.1) is 6.04 Å². The van der Waals surface area contributed by atoms with Crippen LogP contribution in [0.2, 0.25) is 0 Å². The lowest BCUT2D eigenvalue weighted by molar-refractivity contribution is -0.128. The van der Waals surface area contributed by atoms with Crippen molar-refractivity contribution in [3.05, 3.63) is 0 Å². The highest BCUT2D eigenvalue weighted by Crippen LogP contribution is 2.15. The summed E-state index contributed by atoms with van der Waals surface area (Å²) in [6.07, 6.45) is 3.34. The number of hydrogen-bond donors (Lipinski definition) is 2. The smallest absolute Gasteiger partial charge is 0.237 e. The number of hydrogen-bond acceptors (Lipinski definition) is 3. The van der Waals surface area contributed by atoms with E-state index in [-0.39, 0.29) is 17.5 Å². The number of amides is 1. The Morgan fingerprint density at radius 2 is 2.16 bits per heavy atom. The molecule has 1 aliphatic heterocycles. The summed E-state index contributed by atoms with van der Waals surface area (Å²) >= 11 is 0. The summed E-state index contributed by atoms with van der Waals surface area (Å²) in [6, 6.07) is 0.435. The van der Waals surface area contributed by atoms with E-state index in [0.717, 1.165) is 26.1 Å². The predicted molar refractivity (Wildman–Crippen MR) is 80.2 cm³/mol. The van der Waals surface area contributed by atoms with E-state index in [2.05, 4.69) is 43.2 Å². The van der Waals surface area contributed by atoms with Crippen molar-refractivity contribution in [2.24, 2.45) is 0 Å². The highest BCUT2D eigenvalue weighted by molar-refractivity contribution is 5.82. The third-order valence-corrected chi connectivity index (χ3v) is 4.33. The first-order valence-corrected chi connectivity index (χ1v) is 7.69. The van der Waals surface area contributed by atoms with E-state index in [1.807, 2.05) is 6.92 Å². The molecule has 0 radical (unpaired) electrons. The molecule has 1 heterocycles. The topological polar surface area (TPSA) is 44.4 Å². The largest absolute Gasteiger partial charge is 0.350 e. The van der Waals surface area contributed by atoms with Crippen LogP contribution in [0.3, 0.4) is 0 Å². The minimum Gasteiger partial charge on any atom is -0.350 e. The minimum absolute atomic E-state index is 0.0549. The second kappa shape index (κ2) is 7.25. The molecule has 1 aliphatic rings. The molecule has 112 valence electrons. The van der Waals surface area contributed by atoms with E-state index in [1.165, 1.54) is 12.8 Å². The summed E-state index contributed by atoms with van der Waals surface area (Å²) in [7, 11) is 0. The van der Waals surface area contributed by atoms with Gasteiger partial charge in [0.2, 0.25) is 5.91 Å². The summed E-state index contributed by atoms with van der Waals surface area (Å²) in [4.78, 5) is 14.7. The number of carbonyl (C=O) groups excluding carboxylic acids is 1. The number of carbonyl (C=O) groups is 1. The van der Waals surface area contributed by atoms with Gasteiger partial charge in [0.1, 0.15) is 0 Å². The van der Waals surface area contributed by atoms with Gasteiger partial charge in [0.15, 0.2) is 0 Å². The normalized spacial score (nSPS) is 22.3. The van der Waals surface area contributed by atoms with Crippen LogP contribution in [0, 0.1) is 0 Å². The Morgan fingerprint density at radius 1 is 1.47 bits per heavy atom. The zero-order chi connectivity index (χ0) is 14.5. The minimum atomic E-state index is -0.116. The highest BCUT2D eigenvalue weighted by atomic mass is 16.2. The summed E-state index contributed by atoms with van der Waals surface area (Å²) in [5.74, 6) is 0.152. The van der Waals surface area contributed by atoms with Crippen molar-refractivity contribution in [1.82, 2.24) is 15.5 Å². The SMILES string of the molecule is CCN(C1CCCNC1)C(C)C(=O)NC(C)(C)CC. The first kappa shape index (κ1) is 16.4. The van der Waals surface area contributed by atoms with Gasteiger partial charge >= 0.3 is 0 Å². The average molecular weight is 269 g/mol. The lowest BCUT2D eigenvalue weighted by atomic mass is 10.00. The van der Waals surface area contributed by atoms with E-state index >= 15 is 0 Å². The van der Waals surface area contributed by atoms with E-state index in [1.54, 1.807) is 0 Å². The highest BCUT2D eigenvalue weighted by Gasteiger charge is 2.30. The van der Waals surface area contributed by atoms with Crippen LogP contribution in [-0.4, -0.2) is 48.1 Å².